The lowest BCUT2D eigenvalue weighted by molar-refractivity contribution is 0.820. The minimum absolute atomic E-state index is 0.612. The van der Waals surface area contributed by atoms with E-state index in [1.165, 1.54) is 6.33 Å². The van der Waals surface area contributed by atoms with Gasteiger partial charge in [0.05, 0.1) is 16.9 Å². The maximum atomic E-state index is 5.97. The van der Waals surface area contributed by atoms with E-state index in [9.17, 15) is 0 Å². The van der Waals surface area contributed by atoms with Crippen LogP contribution in [0.25, 0.3) is 5.82 Å². The summed E-state index contributed by atoms with van der Waals surface area (Å²) in [5.41, 5.74) is 0.766. The van der Waals surface area contributed by atoms with Crippen molar-refractivity contribution in [2.75, 3.05) is 11.9 Å². The smallest absolute Gasteiger partial charge is 0.173 e. The molecule has 0 unspecified atom stereocenters. The molecule has 0 saturated carbocycles. The minimum atomic E-state index is 0.612. The van der Waals surface area contributed by atoms with Gasteiger partial charge in [0, 0.05) is 6.54 Å². The maximum Gasteiger partial charge on any atom is 0.173 e. The second-order valence-corrected chi connectivity index (χ2v) is 4.60. The molecular formula is C10H11BrClN5. The van der Waals surface area contributed by atoms with E-state index in [1.54, 1.807) is 10.9 Å². The van der Waals surface area contributed by atoms with E-state index >= 15 is 0 Å². The molecule has 0 fully saturated rings. The normalized spacial score (nSPS) is 10.6. The molecule has 0 aliphatic heterocycles. The molecule has 0 atom stereocenters. The lowest BCUT2D eigenvalue weighted by Crippen LogP contribution is -2.06. The van der Waals surface area contributed by atoms with Crippen molar-refractivity contribution in [1.82, 2.24) is 19.7 Å². The highest BCUT2D eigenvalue weighted by molar-refractivity contribution is 9.10. The summed E-state index contributed by atoms with van der Waals surface area (Å²) in [6.45, 7) is 4.64. The van der Waals surface area contributed by atoms with Gasteiger partial charge in [-0.15, -0.1) is 0 Å². The van der Waals surface area contributed by atoms with Crippen molar-refractivity contribution in [3.8, 4) is 5.82 Å². The third-order valence-corrected chi connectivity index (χ3v) is 3.27. The van der Waals surface area contributed by atoms with E-state index in [-0.39, 0.29) is 0 Å². The van der Waals surface area contributed by atoms with Crippen molar-refractivity contribution in [1.29, 1.82) is 0 Å². The van der Waals surface area contributed by atoms with Gasteiger partial charge in [0.25, 0.3) is 0 Å². The Morgan fingerprint density at radius 3 is 2.82 bits per heavy atom. The number of rotatable bonds is 3. The van der Waals surface area contributed by atoms with Crippen LogP contribution < -0.4 is 5.32 Å². The molecular weight excluding hydrogens is 306 g/mol. The summed E-state index contributed by atoms with van der Waals surface area (Å²) < 4.78 is 2.39. The highest BCUT2D eigenvalue weighted by Crippen LogP contribution is 2.26. The van der Waals surface area contributed by atoms with Crippen molar-refractivity contribution >= 4 is 33.3 Å². The highest BCUT2D eigenvalue weighted by Gasteiger charge is 2.12. The van der Waals surface area contributed by atoms with E-state index in [2.05, 4.69) is 36.3 Å². The van der Waals surface area contributed by atoms with Gasteiger partial charge in [-0.2, -0.15) is 5.10 Å². The zero-order chi connectivity index (χ0) is 12.4. The van der Waals surface area contributed by atoms with Crippen LogP contribution in [0.1, 0.15) is 12.6 Å². The number of aryl methyl sites for hydroxylation is 1. The third kappa shape index (κ3) is 2.42. The quantitative estimate of drug-likeness (QED) is 0.946. The van der Waals surface area contributed by atoms with Crippen LogP contribution in [-0.4, -0.2) is 26.3 Å². The summed E-state index contributed by atoms with van der Waals surface area (Å²) in [6.07, 6.45) is 3.21. The van der Waals surface area contributed by atoms with Gasteiger partial charge in [-0.3, -0.25) is 0 Å². The summed E-state index contributed by atoms with van der Waals surface area (Å²) in [6, 6.07) is 0. The first-order valence-electron chi connectivity index (χ1n) is 5.10. The van der Waals surface area contributed by atoms with Gasteiger partial charge in [-0.1, -0.05) is 11.6 Å². The molecule has 17 heavy (non-hydrogen) atoms. The second kappa shape index (κ2) is 5.01. The average Bonchev–Trinajstić information content (AvgIpc) is 2.62. The van der Waals surface area contributed by atoms with Crippen LogP contribution >= 0.6 is 27.5 Å². The minimum Gasteiger partial charge on any atom is -0.369 e. The summed E-state index contributed by atoms with van der Waals surface area (Å²) in [5.74, 6) is 1.40. The Morgan fingerprint density at radius 1 is 1.47 bits per heavy atom. The van der Waals surface area contributed by atoms with Crippen molar-refractivity contribution in [3.05, 3.63) is 27.7 Å². The molecule has 0 aliphatic carbocycles. The Labute approximate surface area is 112 Å². The zero-order valence-corrected chi connectivity index (χ0v) is 11.7. The van der Waals surface area contributed by atoms with Crippen molar-refractivity contribution in [2.45, 2.75) is 13.8 Å². The predicted molar refractivity (Wildman–Crippen MR) is 70.8 cm³/mol. The van der Waals surface area contributed by atoms with E-state index < -0.39 is 0 Å². The molecule has 1 N–H and O–H groups in total. The summed E-state index contributed by atoms with van der Waals surface area (Å²) in [7, 11) is 0. The fourth-order valence-corrected chi connectivity index (χ4v) is 2.02. The monoisotopic (exact) mass is 315 g/mol. The lowest BCUT2D eigenvalue weighted by atomic mass is 10.5. The predicted octanol–water partition coefficient (Wildman–Crippen LogP) is 2.82. The number of nitrogens with one attached hydrogen (secondary N) is 1. The molecule has 2 rings (SSSR count). The number of aromatic nitrogens is 4. The van der Waals surface area contributed by atoms with Gasteiger partial charge in [0.15, 0.2) is 5.82 Å². The number of halogens is 2. The standard InChI is InChI=1S/C10H11BrClN5/c1-3-13-9-8(11)10(15-5-14-9)17-4-7(12)6(2)16-17/h4-5H,3H2,1-2H3,(H,13,14,15). The maximum absolute atomic E-state index is 5.97. The summed E-state index contributed by atoms with van der Waals surface area (Å²) in [5, 5.41) is 8.03. The first-order valence-corrected chi connectivity index (χ1v) is 6.27. The van der Waals surface area contributed by atoms with Crippen LogP contribution in [0.5, 0.6) is 0 Å². The molecule has 2 aromatic rings. The number of hydrogen-bond acceptors (Lipinski definition) is 4. The van der Waals surface area contributed by atoms with Crippen molar-refractivity contribution in [3.63, 3.8) is 0 Å². The molecule has 0 bridgehead atoms. The summed E-state index contributed by atoms with van der Waals surface area (Å²) in [4.78, 5) is 8.33. The average molecular weight is 317 g/mol. The van der Waals surface area contributed by atoms with Crippen LogP contribution in [0.2, 0.25) is 5.02 Å². The molecule has 0 aromatic carbocycles. The number of anilines is 1. The third-order valence-electron chi connectivity index (χ3n) is 2.17. The van der Waals surface area contributed by atoms with Gasteiger partial charge < -0.3 is 5.32 Å². The van der Waals surface area contributed by atoms with Crippen LogP contribution in [0.3, 0.4) is 0 Å². The highest BCUT2D eigenvalue weighted by atomic mass is 79.9. The topological polar surface area (TPSA) is 55.6 Å². The van der Waals surface area contributed by atoms with Crippen LogP contribution in [0, 0.1) is 6.92 Å². The Balaban J connectivity index is 2.48. The Kier molecular flexibility index (Phi) is 3.63. The van der Waals surface area contributed by atoms with E-state index in [0.29, 0.717) is 10.8 Å². The second-order valence-electron chi connectivity index (χ2n) is 3.40. The van der Waals surface area contributed by atoms with Gasteiger partial charge in [0.2, 0.25) is 0 Å². The molecule has 0 aliphatic rings. The molecule has 5 nitrogen and oxygen atoms in total. The molecule has 0 spiro atoms. The number of hydrogen-bond donors (Lipinski definition) is 1. The van der Waals surface area contributed by atoms with Crippen LogP contribution in [-0.2, 0) is 0 Å². The van der Waals surface area contributed by atoms with E-state index in [1.807, 2.05) is 13.8 Å². The number of nitrogens with zero attached hydrogens (tertiary/aromatic N) is 4. The van der Waals surface area contributed by atoms with Gasteiger partial charge >= 0.3 is 0 Å². The van der Waals surface area contributed by atoms with Crippen molar-refractivity contribution in [2.24, 2.45) is 0 Å². The van der Waals surface area contributed by atoms with E-state index in [4.69, 9.17) is 11.6 Å². The molecule has 2 heterocycles. The Bertz CT molecular complexity index is 520. The van der Waals surface area contributed by atoms with Crippen LogP contribution in [0.4, 0.5) is 5.82 Å². The molecule has 0 amide bonds. The fourth-order valence-electron chi connectivity index (χ4n) is 1.36. The lowest BCUT2D eigenvalue weighted by Gasteiger charge is -2.08. The first kappa shape index (κ1) is 12.3. The molecule has 7 heteroatoms. The summed E-state index contributed by atoms with van der Waals surface area (Å²) >= 11 is 9.44. The largest absolute Gasteiger partial charge is 0.369 e. The van der Waals surface area contributed by atoms with Gasteiger partial charge in [-0.05, 0) is 29.8 Å². The Hall–Kier alpha value is -1.14. The molecule has 0 radical (unpaired) electrons. The van der Waals surface area contributed by atoms with Crippen LogP contribution in [0.15, 0.2) is 17.0 Å². The van der Waals surface area contributed by atoms with Gasteiger partial charge in [-0.25, -0.2) is 14.6 Å². The van der Waals surface area contributed by atoms with Crippen molar-refractivity contribution < 1.29 is 0 Å². The van der Waals surface area contributed by atoms with E-state index in [0.717, 1.165) is 22.5 Å². The van der Waals surface area contributed by atoms with Gasteiger partial charge in [0.1, 0.15) is 16.6 Å². The first-order chi connectivity index (χ1) is 8.13. The fraction of sp³-hybridized carbons (Fsp3) is 0.300. The Morgan fingerprint density at radius 2 is 2.24 bits per heavy atom. The molecule has 90 valence electrons. The molecule has 2 aromatic heterocycles. The molecule has 0 saturated heterocycles. The zero-order valence-electron chi connectivity index (χ0n) is 9.41. The SMILES string of the molecule is CCNc1ncnc(-n2cc(Cl)c(C)n2)c1Br.